The first kappa shape index (κ1) is 57.0. The minimum absolute atomic E-state index is 0. The average molecular weight is 799 g/mol. The van der Waals surface area contributed by atoms with Crippen molar-refractivity contribution >= 4 is 60.2 Å². The van der Waals surface area contributed by atoms with Gasteiger partial charge in [-0.25, -0.2) is 38.4 Å². The predicted octanol–water partition coefficient (Wildman–Crippen LogP) is -2.49. The number of isocyanates is 2. The number of alkyl carbamates (subject to hydrolysis) is 2. The molecule has 0 saturated carbocycles. The number of rotatable bonds is 20. The van der Waals surface area contributed by atoms with E-state index in [0.717, 1.165) is 0 Å². The molecular formula is C27H38N6O22. The number of hydrogen-bond donors (Lipinski definition) is 4. The third kappa shape index (κ3) is 51.1. The largest absolute Gasteiger partial charge is 0.454 e. The van der Waals surface area contributed by atoms with Gasteiger partial charge in [-0.1, -0.05) is 21.3 Å². The summed E-state index contributed by atoms with van der Waals surface area (Å²) in [6.45, 7) is -2.20. The molecule has 2 amide bonds. The number of carbonyl (C=O) groups is 8. The molecule has 0 atom stereocenters. The molecule has 55 heavy (non-hydrogen) atoms. The van der Waals surface area contributed by atoms with E-state index in [0.29, 0.717) is 0 Å². The Labute approximate surface area is 310 Å². The van der Waals surface area contributed by atoms with E-state index in [1.807, 2.05) is 10.6 Å². The summed E-state index contributed by atoms with van der Waals surface area (Å²) in [5, 5.41) is 35.8. The number of amides is 2. The van der Waals surface area contributed by atoms with Gasteiger partial charge in [0.25, 0.3) is 12.5 Å². The molecule has 28 nitrogen and oxygen atoms in total. The molecule has 0 spiro atoms. The number of carbonyl (C=O) groups excluding carboxylic acids is 10. The van der Waals surface area contributed by atoms with Crippen LogP contribution in [0.2, 0.25) is 0 Å². The number of aliphatic hydroxyl groups is 2. The highest BCUT2D eigenvalue weighted by atomic mass is 16.7. The second-order valence-electron chi connectivity index (χ2n) is 7.38. The van der Waals surface area contributed by atoms with Crippen molar-refractivity contribution in [2.24, 2.45) is 9.98 Å². The molecule has 0 aromatic carbocycles. The summed E-state index contributed by atoms with van der Waals surface area (Å²) in [6, 6.07) is 0. The van der Waals surface area contributed by atoms with E-state index in [-0.39, 0.29) is 40.4 Å². The lowest BCUT2D eigenvalue weighted by molar-refractivity contribution is -0.177. The molecular weight excluding hydrogens is 760 g/mol. The van der Waals surface area contributed by atoms with Crippen molar-refractivity contribution in [2.75, 3.05) is 66.9 Å². The molecule has 28 heteroatoms. The van der Waals surface area contributed by atoms with Crippen LogP contribution in [0.3, 0.4) is 0 Å². The van der Waals surface area contributed by atoms with Crippen LogP contribution in [-0.4, -0.2) is 137 Å². The van der Waals surface area contributed by atoms with Crippen LogP contribution in [0.5, 0.6) is 0 Å². The summed E-state index contributed by atoms with van der Waals surface area (Å²) in [7, 11) is 0. The van der Waals surface area contributed by atoms with Crippen molar-refractivity contribution in [3.05, 3.63) is 0 Å². The van der Waals surface area contributed by atoms with Crippen LogP contribution in [0.4, 0.5) is 9.59 Å². The molecule has 0 aromatic rings. The van der Waals surface area contributed by atoms with Crippen molar-refractivity contribution in [3.8, 4) is 12.5 Å². The molecule has 0 bridgehead atoms. The summed E-state index contributed by atoms with van der Waals surface area (Å²) < 4.78 is 42.8. The summed E-state index contributed by atoms with van der Waals surface area (Å²) in [5.74, 6) is -4.56. The van der Waals surface area contributed by atoms with Gasteiger partial charge in [-0.2, -0.15) is 20.5 Å². The highest BCUT2D eigenvalue weighted by molar-refractivity contribution is 5.77. The zero-order chi connectivity index (χ0) is 41.8. The lowest BCUT2D eigenvalue weighted by Crippen LogP contribution is -2.29. The molecule has 0 aliphatic heterocycles. The fourth-order valence-electron chi connectivity index (χ4n) is 1.57. The van der Waals surface area contributed by atoms with Crippen molar-refractivity contribution in [3.63, 3.8) is 0 Å². The lowest BCUT2D eigenvalue weighted by atomic mass is 10.5. The molecule has 0 radical (unpaired) electrons. The third-order valence-electron chi connectivity index (χ3n) is 3.78. The van der Waals surface area contributed by atoms with Crippen molar-refractivity contribution in [1.82, 2.24) is 10.6 Å². The van der Waals surface area contributed by atoms with E-state index in [1.54, 1.807) is 13.8 Å². The van der Waals surface area contributed by atoms with E-state index >= 15 is 0 Å². The highest BCUT2D eigenvalue weighted by Gasteiger charge is 2.10. The summed E-state index contributed by atoms with van der Waals surface area (Å²) in [6.07, 6.45) is 3.48. The van der Waals surface area contributed by atoms with Gasteiger partial charge >= 0.3 is 48.0 Å². The molecule has 0 aromatic heterocycles. The Morgan fingerprint density at radius 1 is 0.564 bits per heavy atom. The topological polar surface area (TPSA) is 400 Å². The van der Waals surface area contributed by atoms with Gasteiger partial charge in [0.05, 0.1) is 0 Å². The van der Waals surface area contributed by atoms with Crippen LogP contribution in [0.1, 0.15) is 34.1 Å². The van der Waals surface area contributed by atoms with Crippen LogP contribution in [0.25, 0.3) is 0 Å². The zero-order valence-corrected chi connectivity index (χ0v) is 28.3. The number of esters is 6. The minimum atomic E-state index is -0.932. The van der Waals surface area contributed by atoms with E-state index in [4.69, 9.17) is 20.7 Å². The maximum atomic E-state index is 11.0. The Hall–Kier alpha value is -7.38. The fraction of sp³-hybridized carbons (Fsp3) is 0.556. The van der Waals surface area contributed by atoms with E-state index in [2.05, 4.69) is 57.4 Å². The van der Waals surface area contributed by atoms with Crippen molar-refractivity contribution in [2.45, 2.75) is 34.1 Å². The van der Waals surface area contributed by atoms with Crippen LogP contribution in [-0.2, 0) is 85.7 Å². The fourth-order valence-corrected chi connectivity index (χ4v) is 1.57. The number of nitrogens with one attached hydrogen (secondary N) is 2. The van der Waals surface area contributed by atoms with Gasteiger partial charge in [-0.3, -0.25) is 14.9 Å². The normalized spacial score (nSPS) is 8.18. The second-order valence-corrected chi connectivity index (χ2v) is 7.38. The molecule has 0 unspecified atom stereocenters. The Kier molecular flexibility index (Phi) is 46.2. The standard InChI is InChI=1S/C11H16O8.C7H8N4O6.C5H8O6.C3H2N2O2.CH4/c1-3-8(12)16-5-10(14)18-7-19-11(15)6-17-9(13)4-2;8-1-15-4-11-7(14)17-5-16-6(13)10-2-9-3-12;6-1-4(8)10-3-11-5(9)2-7;4-1-7-3-5-2-6;/h3-7H2,1-2H3;2,4-5H2,(H,10,13)(H,11,14);6-7H,1-3H2;3H2;1H4. The minimum Gasteiger partial charge on any atom is -0.454 e. The van der Waals surface area contributed by atoms with Crippen molar-refractivity contribution < 1.29 is 106 Å². The van der Waals surface area contributed by atoms with Gasteiger partial charge in [0.15, 0.2) is 19.9 Å². The molecule has 4 N–H and O–H groups in total. The molecule has 0 heterocycles. The van der Waals surface area contributed by atoms with Crippen molar-refractivity contribution in [1.29, 1.82) is 10.5 Å². The molecule has 0 aliphatic carbocycles. The smallest absolute Gasteiger partial charge is 0.412 e. The van der Waals surface area contributed by atoms with Crippen LogP contribution in [0, 0.1) is 23.0 Å². The van der Waals surface area contributed by atoms with E-state index < -0.39 is 94.8 Å². The summed E-state index contributed by atoms with van der Waals surface area (Å²) >= 11 is 0. The van der Waals surface area contributed by atoms with Crippen LogP contribution >= 0.6 is 0 Å². The SMILES string of the molecule is C.CCC(=O)OCC(=O)OCOC(=O)COC(=O)CC.N#COCN=C=O.N#COCNC(=O)OCOC(=O)NCN=C=O.O=C(CO)OCOC(=O)CO. The first-order valence-electron chi connectivity index (χ1n) is 13.9. The molecule has 308 valence electrons. The quantitative estimate of drug-likeness (QED) is 0.0188. The van der Waals surface area contributed by atoms with Gasteiger partial charge < -0.3 is 62.9 Å². The Balaban J connectivity index is -0.000000212. The first-order chi connectivity index (χ1) is 25.8. The maximum Gasteiger partial charge on any atom is 0.412 e. The van der Waals surface area contributed by atoms with Gasteiger partial charge in [-0.05, 0) is 0 Å². The number of ether oxygens (including phenoxy) is 10. The molecule has 0 saturated heterocycles. The lowest BCUT2D eigenvalue weighted by Gasteiger charge is -2.07. The zero-order valence-electron chi connectivity index (χ0n) is 28.3. The molecule has 0 aliphatic rings. The van der Waals surface area contributed by atoms with Gasteiger partial charge in [0.2, 0.25) is 39.3 Å². The first-order valence-corrected chi connectivity index (χ1v) is 13.9. The average Bonchev–Trinajstić information content (AvgIpc) is 3.16. The summed E-state index contributed by atoms with van der Waals surface area (Å²) in [5.41, 5.74) is 0. The number of nitriles is 2. The number of hydrogen-bond acceptors (Lipinski definition) is 26. The van der Waals surface area contributed by atoms with Gasteiger partial charge in [0.1, 0.15) is 19.9 Å². The number of aliphatic imine (C=N–C) groups is 2. The van der Waals surface area contributed by atoms with Crippen LogP contribution in [0.15, 0.2) is 9.98 Å². The molecule has 0 rings (SSSR count). The monoisotopic (exact) mass is 798 g/mol. The highest BCUT2D eigenvalue weighted by Crippen LogP contribution is 1.90. The predicted molar refractivity (Wildman–Crippen MR) is 166 cm³/mol. The van der Waals surface area contributed by atoms with Crippen LogP contribution < -0.4 is 10.6 Å². The van der Waals surface area contributed by atoms with Gasteiger partial charge in [0, 0.05) is 12.8 Å². The number of aliphatic hydroxyl groups excluding tert-OH is 2. The van der Waals surface area contributed by atoms with Gasteiger partial charge in [-0.15, -0.1) is 0 Å². The Morgan fingerprint density at radius 2 is 0.964 bits per heavy atom. The molecule has 0 fully saturated rings. The second kappa shape index (κ2) is 44.6. The van der Waals surface area contributed by atoms with E-state index in [1.165, 1.54) is 24.7 Å². The van der Waals surface area contributed by atoms with E-state index in [9.17, 15) is 47.9 Å². The Morgan fingerprint density at radius 3 is 1.35 bits per heavy atom. The summed E-state index contributed by atoms with van der Waals surface area (Å²) in [4.78, 5) is 110. The maximum absolute atomic E-state index is 11.0. The Bertz CT molecular complexity index is 1290. The third-order valence-corrected chi connectivity index (χ3v) is 3.78. The number of nitrogens with zero attached hydrogens (tertiary/aromatic N) is 4.